The lowest BCUT2D eigenvalue weighted by atomic mass is 10.0. The van der Waals surface area contributed by atoms with Crippen molar-refractivity contribution in [3.63, 3.8) is 0 Å². The first-order valence-electron chi connectivity index (χ1n) is 7.49. The zero-order chi connectivity index (χ0) is 14.2. The molecule has 0 aliphatic heterocycles. The molecule has 3 nitrogen and oxygen atoms in total. The van der Waals surface area contributed by atoms with Gasteiger partial charge in [0.2, 0.25) is 5.89 Å². The van der Waals surface area contributed by atoms with E-state index in [1.165, 1.54) is 24.8 Å². The highest BCUT2D eigenvalue weighted by Gasteiger charge is 2.11. The second-order valence-electron chi connectivity index (χ2n) is 5.20. The molecule has 0 bridgehead atoms. The van der Waals surface area contributed by atoms with Crippen molar-refractivity contribution >= 4 is 0 Å². The number of aromatic nitrogens is 1. The Kier molecular flexibility index (Phi) is 5.81. The smallest absolute Gasteiger partial charge is 0.208 e. The molecule has 1 atom stereocenters. The maximum atomic E-state index is 5.52. The summed E-state index contributed by atoms with van der Waals surface area (Å²) in [6.07, 6.45) is 6.69. The molecule has 0 amide bonds. The Balaban J connectivity index is 1.95. The van der Waals surface area contributed by atoms with Crippen molar-refractivity contribution in [1.82, 2.24) is 10.3 Å². The van der Waals surface area contributed by atoms with Crippen LogP contribution in [0.3, 0.4) is 0 Å². The zero-order valence-corrected chi connectivity index (χ0v) is 12.4. The summed E-state index contributed by atoms with van der Waals surface area (Å²) in [5.74, 6) is 1.63. The molecule has 1 aromatic heterocycles. The Morgan fingerprint density at radius 2 is 2.00 bits per heavy atom. The molecule has 0 radical (unpaired) electrons. The van der Waals surface area contributed by atoms with Crippen molar-refractivity contribution in [2.24, 2.45) is 0 Å². The second kappa shape index (κ2) is 7.85. The Morgan fingerprint density at radius 1 is 1.20 bits per heavy atom. The third-order valence-electron chi connectivity index (χ3n) is 3.47. The quantitative estimate of drug-likeness (QED) is 0.724. The predicted octanol–water partition coefficient (Wildman–Crippen LogP) is 4.39. The third-order valence-corrected chi connectivity index (χ3v) is 3.47. The van der Waals surface area contributed by atoms with Crippen LogP contribution < -0.4 is 5.32 Å². The average molecular weight is 272 g/mol. The molecule has 0 aliphatic rings. The number of unbranched alkanes of at least 4 members (excludes halogenated alkanes) is 2. The van der Waals surface area contributed by atoms with E-state index in [9.17, 15) is 0 Å². The van der Waals surface area contributed by atoms with E-state index in [1.807, 2.05) is 6.92 Å². The zero-order valence-electron chi connectivity index (χ0n) is 12.4. The van der Waals surface area contributed by atoms with Gasteiger partial charge in [-0.25, -0.2) is 4.98 Å². The minimum Gasteiger partial charge on any atom is -0.445 e. The molecule has 0 aliphatic carbocycles. The fourth-order valence-corrected chi connectivity index (χ4v) is 2.36. The van der Waals surface area contributed by atoms with Crippen LogP contribution in [0.5, 0.6) is 0 Å². The number of benzene rings is 1. The minimum absolute atomic E-state index is 0.370. The van der Waals surface area contributed by atoms with Gasteiger partial charge in [-0.2, -0.15) is 0 Å². The lowest BCUT2D eigenvalue weighted by Crippen LogP contribution is -2.21. The van der Waals surface area contributed by atoms with Crippen LogP contribution in [0.4, 0.5) is 0 Å². The maximum absolute atomic E-state index is 5.52. The first kappa shape index (κ1) is 14.8. The second-order valence-corrected chi connectivity index (χ2v) is 5.20. The van der Waals surface area contributed by atoms with Crippen LogP contribution in [-0.4, -0.2) is 4.98 Å². The van der Waals surface area contributed by atoms with Crippen LogP contribution in [0.25, 0.3) is 0 Å². The highest BCUT2D eigenvalue weighted by atomic mass is 16.4. The Morgan fingerprint density at radius 3 is 2.65 bits per heavy atom. The van der Waals surface area contributed by atoms with Crippen LogP contribution in [0, 0.1) is 6.92 Å². The van der Waals surface area contributed by atoms with E-state index in [-0.39, 0.29) is 0 Å². The highest BCUT2D eigenvalue weighted by Crippen LogP contribution is 2.20. The summed E-state index contributed by atoms with van der Waals surface area (Å²) in [4.78, 5) is 4.25. The van der Waals surface area contributed by atoms with Gasteiger partial charge in [-0.05, 0) is 18.9 Å². The summed E-state index contributed by atoms with van der Waals surface area (Å²) >= 11 is 0. The number of hydrogen-bond acceptors (Lipinski definition) is 3. The molecule has 0 saturated heterocycles. The first-order chi connectivity index (χ1) is 9.79. The molecule has 0 fully saturated rings. The van der Waals surface area contributed by atoms with Crippen molar-refractivity contribution in [3.8, 4) is 0 Å². The standard InChI is InChI=1S/C17H24N2O/c1-3-4-6-11-16(15-9-7-5-8-10-15)18-13-17-19-12-14(2)20-17/h5,7-10,12,16,18H,3-4,6,11,13H2,1-2H3. The summed E-state index contributed by atoms with van der Waals surface area (Å²) in [5.41, 5.74) is 1.34. The lowest BCUT2D eigenvalue weighted by molar-refractivity contribution is 0.408. The van der Waals surface area contributed by atoms with E-state index in [0.29, 0.717) is 12.6 Å². The van der Waals surface area contributed by atoms with E-state index >= 15 is 0 Å². The van der Waals surface area contributed by atoms with E-state index in [1.54, 1.807) is 6.20 Å². The normalized spacial score (nSPS) is 12.5. The third kappa shape index (κ3) is 4.49. The fourth-order valence-electron chi connectivity index (χ4n) is 2.36. The highest BCUT2D eigenvalue weighted by molar-refractivity contribution is 5.18. The van der Waals surface area contributed by atoms with Gasteiger partial charge >= 0.3 is 0 Å². The summed E-state index contributed by atoms with van der Waals surface area (Å²) in [6.45, 7) is 4.84. The van der Waals surface area contributed by atoms with Gasteiger partial charge in [0.1, 0.15) is 5.76 Å². The van der Waals surface area contributed by atoms with Gasteiger partial charge in [-0.1, -0.05) is 56.5 Å². The topological polar surface area (TPSA) is 38.1 Å². The molecule has 1 heterocycles. The van der Waals surface area contributed by atoms with Crippen LogP contribution in [0.1, 0.15) is 55.9 Å². The molecule has 0 spiro atoms. The monoisotopic (exact) mass is 272 g/mol. The summed E-state index contributed by atoms with van der Waals surface area (Å²) in [6, 6.07) is 11.0. The molecule has 1 N–H and O–H groups in total. The molecule has 2 aromatic rings. The van der Waals surface area contributed by atoms with Gasteiger partial charge < -0.3 is 9.73 Å². The summed E-state index contributed by atoms with van der Waals surface area (Å²) < 4.78 is 5.52. The maximum Gasteiger partial charge on any atom is 0.208 e. The number of nitrogens with one attached hydrogen (secondary N) is 1. The van der Waals surface area contributed by atoms with Crippen molar-refractivity contribution in [3.05, 3.63) is 53.7 Å². The van der Waals surface area contributed by atoms with E-state index in [4.69, 9.17) is 4.42 Å². The number of hydrogen-bond donors (Lipinski definition) is 1. The van der Waals surface area contributed by atoms with Gasteiger partial charge in [0.05, 0.1) is 12.7 Å². The number of oxazole rings is 1. The Labute approximate surface area is 121 Å². The number of rotatable bonds is 8. The summed E-state index contributed by atoms with van der Waals surface area (Å²) in [5, 5.41) is 3.57. The Hall–Kier alpha value is -1.61. The van der Waals surface area contributed by atoms with Gasteiger partial charge in [-0.3, -0.25) is 0 Å². The van der Waals surface area contributed by atoms with Crippen molar-refractivity contribution in [1.29, 1.82) is 0 Å². The van der Waals surface area contributed by atoms with E-state index < -0.39 is 0 Å². The molecule has 1 unspecified atom stereocenters. The molecular weight excluding hydrogens is 248 g/mol. The van der Waals surface area contributed by atoms with Crippen LogP contribution >= 0.6 is 0 Å². The van der Waals surface area contributed by atoms with E-state index in [0.717, 1.165) is 18.1 Å². The van der Waals surface area contributed by atoms with Crippen LogP contribution in [0.2, 0.25) is 0 Å². The van der Waals surface area contributed by atoms with Gasteiger partial charge in [0, 0.05) is 6.04 Å². The van der Waals surface area contributed by atoms with Crippen LogP contribution in [0.15, 0.2) is 40.9 Å². The molecule has 3 heteroatoms. The molecule has 0 saturated carbocycles. The average Bonchev–Trinajstić information content (AvgIpc) is 2.89. The molecular formula is C17H24N2O. The first-order valence-corrected chi connectivity index (χ1v) is 7.49. The molecule has 20 heavy (non-hydrogen) atoms. The van der Waals surface area contributed by atoms with Crippen LogP contribution in [-0.2, 0) is 6.54 Å². The molecule has 2 rings (SSSR count). The molecule has 1 aromatic carbocycles. The lowest BCUT2D eigenvalue weighted by Gasteiger charge is -2.18. The van der Waals surface area contributed by atoms with Gasteiger partial charge in [-0.15, -0.1) is 0 Å². The molecule has 108 valence electrons. The van der Waals surface area contributed by atoms with Crippen molar-refractivity contribution < 1.29 is 4.42 Å². The minimum atomic E-state index is 0.370. The van der Waals surface area contributed by atoms with Gasteiger partial charge in [0.15, 0.2) is 0 Å². The van der Waals surface area contributed by atoms with Crippen molar-refractivity contribution in [2.75, 3.05) is 0 Å². The summed E-state index contributed by atoms with van der Waals surface area (Å²) in [7, 11) is 0. The largest absolute Gasteiger partial charge is 0.445 e. The number of nitrogens with zero attached hydrogens (tertiary/aromatic N) is 1. The number of aryl methyl sites for hydroxylation is 1. The SMILES string of the molecule is CCCCCC(NCc1ncc(C)o1)c1ccccc1. The van der Waals surface area contributed by atoms with E-state index in [2.05, 4.69) is 47.6 Å². The van der Waals surface area contributed by atoms with Crippen molar-refractivity contribution in [2.45, 2.75) is 52.1 Å². The predicted molar refractivity (Wildman–Crippen MR) is 81.4 cm³/mol. The van der Waals surface area contributed by atoms with Gasteiger partial charge in [0.25, 0.3) is 0 Å². The Bertz CT molecular complexity index is 493. The fraction of sp³-hybridized carbons (Fsp3) is 0.471.